The van der Waals surface area contributed by atoms with E-state index >= 15 is 0 Å². The maximum atomic E-state index is 12.7. The SMILES string of the molecule is Cc1cc2cc(C)c3nnc(SCC(=O)N4CCCC(C)C4)n3c2cc1C. The molecule has 0 N–H and O–H groups in total. The van der Waals surface area contributed by atoms with E-state index in [4.69, 9.17) is 0 Å². The van der Waals surface area contributed by atoms with Gasteiger partial charge in [-0.25, -0.2) is 0 Å². The van der Waals surface area contributed by atoms with E-state index in [-0.39, 0.29) is 5.91 Å². The summed E-state index contributed by atoms with van der Waals surface area (Å²) in [5, 5.41) is 10.8. The summed E-state index contributed by atoms with van der Waals surface area (Å²) in [6.07, 6.45) is 2.32. The molecule has 0 aliphatic carbocycles. The Morgan fingerprint density at radius 1 is 1.15 bits per heavy atom. The molecule has 3 aromatic rings. The highest BCUT2D eigenvalue weighted by atomic mass is 32.2. The molecule has 0 saturated carbocycles. The summed E-state index contributed by atoms with van der Waals surface area (Å²) < 4.78 is 2.11. The number of amides is 1. The lowest BCUT2D eigenvalue weighted by Gasteiger charge is -2.30. The Hall–Kier alpha value is -2.08. The molecule has 0 spiro atoms. The smallest absolute Gasteiger partial charge is 0.233 e. The molecule has 1 unspecified atom stereocenters. The van der Waals surface area contributed by atoms with Crippen LogP contribution in [0, 0.1) is 26.7 Å². The summed E-state index contributed by atoms with van der Waals surface area (Å²) in [7, 11) is 0. The summed E-state index contributed by atoms with van der Waals surface area (Å²) >= 11 is 1.49. The number of likely N-dealkylation sites (tertiary alicyclic amines) is 1. The van der Waals surface area contributed by atoms with Crippen molar-refractivity contribution in [3.8, 4) is 0 Å². The molecule has 1 atom stereocenters. The van der Waals surface area contributed by atoms with Crippen LogP contribution in [0.2, 0.25) is 0 Å². The third-order valence-electron chi connectivity index (χ3n) is 5.58. The summed E-state index contributed by atoms with van der Waals surface area (Å²) in [6.45, 7) is 10.3. The van der Waals surface area contributed by atoms with E-state index in [2.05, 4.69) is 60.5 Å². The second-order valence-electron chi connectivity index (χ2n) is 7.84. The van der Waals surface area contributed by atoms with Crippen molar-refractivity contribution in [1.29, 1.82) is 0 Å². The maximum Gasteiger partial charge on any atom is 0.233 e. The fourth-order valence-electron chi connectivity index (χ4n) is 3.90. The lowest BCUT2D eigenvalue weighted by molar-refractivity contribution is -0.130. The zero-order valence-corrected chi connectivity index (χ0v) is 17.3. The number of fused-ring (bicyclic) bond motifs is 3. The van der Waals surface area contributed by atoms with Gasteiger partial charge in [0.25, 0.3) is 0 Å². The number of aryl methyl sites for hydroxylation is 3. The van der Waals surface area contributed by atoms with Gasteiger partial charge in [-0.3, -0.25) is 9.20 Å². The largest absolute Gasteiger partial charge is 0.342 e. The molecular formula is C21H26N4OS. The van der Waals surface area contributed by atoms with Gasteiger partial charge in [-0.1, -0.05) is 18.7 Å². The molecule has 1 aliphatic rings. The van der Waals surface area contributed by atoms with Gasteiger partial charge in [-0.05, 0) is 79.8 Å². The van der Waals surface area contributed by atoms with Gasteiger partial charge < -0.3 is 4.90 Å². The first kappa shape index (κ1) is 18.3. The number of nitrogens with zero attached hydrogens (tertiary/aromatic N) is 4. The second-order valence-corrected chi connectivity index (χ2v) is 8.78. The van der Waals surface area contributed by atoms with Crippen molar-refractivity contribution in [3.63, 3.8) is 0 Å². The van der Waals surface area contributed by atoms with Gasteiger partial charge in [0.2, 0.25) is 5.91 Å². The van der Waals surface area contributed by atoms with Gasteiger partial charge in [0, 0.05) is 13.1 Å². The molecule has 0 bridgehead atoms. The summed E-state index contributed by atoms with van der Waals surface area (Å²) in [6, 6.07) is 6.57. The molecule has 1 aromatic carbocycles. The van der Waals surface area contributed by atoms with Gasteiger partial charge >= 0.3 is 0 Å². The van der Waals surface area contributed by atoms with Crippen LogP contribution in [0.4, 0.5) is 0 Å². The van der Waals surface area contributed by atoms with Gasteiger partial charge in [0.15, 0.2) is 10.8 Å². The van der Waals surface area contributed by atoms with Crippen molar-refractivity contribution in [2.45, 2.75) is 45.7 Å². The van der Waals surface area contributed by atoms with Crippen molar-refractivity contribution in [2.75, 3.05) is 18.8 Å². The first-order valence-electron chi connectivity index (χ1n) is 9.60. The van der Waals surface area contributed by atoms with Gasteiger partial charge in [-0.2, -0.15) is 0 Å². The molecular weight excluding hydrogens is 356 g/mol. The van der Waals surface area contributed by atoms with E-state index < -0.39 is 0 Å². The molecule has 1 amide bonds. The number of hydrogen-bond acceptors (Lipinski definition) is 4. The highest BCUT2D eigenvalue weighted by Crippen LogP contribution is 2.28. The number of carbonyl (C=O) groups excluding carboxylic acids is 1. The van der Waals surface area contributed by atoms with Gasteiger partial charge in [0.1, 0.15) is 0 Å². The van der Waals surface area contributed by atoms with E-state index in [1.54, 1.807) is 0 Å². The molecule has 3 heterocycles. The van der Waals surface area contributed by atoms with E-state index in [0.717, 1.165) is 41.4 Å². The van der Waals surface area contributed by atoms with Gasteiger partial charge in [-0.15, -0.1) is 10.2 Å². The summed E-state index contributed by atoms with van der Waals surface area (Å²) in [4.78, 5) is 14.7. The Morgan fingerprint density at radius 3 is 2.67 bits per heavy atom. The molecule has 4 rings (SSSR count). The molecule has 6 heteroatoms. The van der Waals surface area contributed by atoms with Crippen molar-refractivity contribution in [3.05, 3.63) is 34.9 Å². The monoisotopic (exact) mass is 382 g/mol. The van der Waals surface area contributed by atoms with Gasteiger partial charge in [0.05, 0.1) is 11.3 Å². The predicted molar refractivity (Wildman–Crippen MR) is 110 cm³/mol. The Balaban J connectivity index is 1.66. The van der Waals surface area contributed by atoms with Crippen molar-refractivity contribution >= 4 is 34.2 Å². The predicted octanol–water partition coefficient (Wildman–Crippen LogP) is 4.16. The molecule has 1 aliphatic heterocycles. The number of hydrogen-bond donors (Lipinski definition) is 0. The molecule has 2 aromatic heterocycles. The third-order valence-corrected chi connectivity index (χ3v) is 6.49. The van der Waals surface area contributed by atoms with Crippen LogP contribution in [0.25, 0.3) is 16.6 Å². The molecule has 1 saturated heterocycles. The van der Waals surface area contributed by atoms with Crippen molar-refractivity contribution < 1.29 is 4.79 Å². The Labute approximate surface area is 164 Å². The Bertz CT molecular complexity index is 1030. The highest BCUT2D eigenvalue weighted by molar-refractivity contribution is 7.99. The first-order chi connectivity index (χ1) is 12.9. The second kappa shape index (κ2) is 7.15. The van der Waals surface area contributed by atoms with Crippen LogP contribution in [0.3, 0.4) is 0 Å². The quantitative estimate of drug-likeness (QED) is 0.638. The molecule has 5 nitrogen and oxygen atoms in total. The van der Waals surface area contributed by atoms with E-state index in [1.165, 1.54) is 34.7 Å². The number of aromatic nitrogens is 3. The van der Waals surface area contributed by atoms with E-state index in [0.29, 0.717) is 11.7 Å². The van der Waals surface area contributed by atoms with E-state index in [1.807, 2.05) is 4.90 Å². The number of rotatable bonds is 3. The van der Waals surface area contributed by atoms with Crippen LogP contribution in [0.1, 0.15) is 36.5 Å². The fourth-order valence-corrected chi connectivity index (χ4v) is 4.75. The number of thioether (sulfide) groups is 1. The van der Waals surface area contributed by atoms with Crippen LogP contribution in [0.15, 0.2) is 23.4 Å². The average Bonchev–Trinajstić information content (AvgIpc) is 3.06. The molecule has 142 valence electrons. The van der Waals surface area contributed by atoms with Crippen molar-refractivity contribution in [1.82, 2.24) is 19.5 Å². The number of pyridine rings is 1. The minimum Gasteiger partial charge on any atom is -0.342 e. The number of benzene rings is 1. The van der Waals surface area contributed by atoms with Crippen LogP contribution >= 0.6 is 11.8 Å². The Morgan fingerprint density at radius 2 is 1.89 bits per heavy atom. The minimum atomic E-state index is 0.201. The molecule has 27 heavy (non-hydrogen) atoms. The summed E-state index contributed by atoms with van der Waals surface area (Å²) in [5.74, 6) is 1.21. The standard InChI is InChI=1S/C21H26N4OS/c1-13-6-5-7-24(11-13)19(26)12-27-21-23-22-20-16(4)9-17-8-14(2)15(3)10-18(17)25(20)21/h8-10,13H,5-7,11-12H2,1-4H3. The summed E-state index contributed by atoms with van der Waals surface area (Å²) in [5.41, 5.74) is 5.59. The normalized spacial score (nSPS) is 17.8. The fraction of sp³-hybridized carbons (Fsp3) is 0.476. The van der Waals surface area contributed by atoms with E-state index in [9.17, 15) is 4.79 Å². The lowest BCUT2D eigenvalue weighted by Crippen LogP contribution is -2.40. The average molecular weight is 383 g/mol. The Kier molecular flexibility index (Phi) is 4.84. The maximum absolute atomic E-state index is 12.7. The minimum absolute atomic E-state index is 0.201. The first-order valence-corrected chi connectivity index (χ1v) is 10.6. The lowest BCUT2D eigenvalue weighted by atomic mass is 10.0. The van der Waals surface area contributed by atoms with Crippen LogP contribution in [-0.4, -0.2) is 44.2 Å². The topological polar surface area (TPSA) is 50.5 Å². The highest BCUT2D eigenvalue weighted by Gasteiger charge is 2.22. The van der Waals surface area contributed by atoms with Crippen LogP contribution < -0.4 is 0 Å². The van der Waals surface area contributed by atoms with Crippen molar-refractivity contribution in [2.24, 2.45) is 5.92 Å². The number of carbonyl (C=O) groups is 1. The third kappa shape index (κ3) is 3.43. The zero-order chi connectivity index (χ0) is 19.1. The van der Waals surface area contributed by atoms with Crippen LogP contribution in [-0.2, 0) is 4.79 Å². The van der Waals surface area contributed by atoms with Crippen LogP contribution in [0.5, 0.6) is 0 Å². The molecule has 0 radical (unpaired) electrons. The molecule has 1 fully saturated rings. The number of piperidine rings is 1. The zero-order valence-electron chi connectivity index (χ0n) is 16.5.